The lowest BCUT2D eigenvalue weighted by Gasteiger charge is -2.34. The Hall–Kier alpha value is -1.86. The lowest BCUT2D eigenvalue weighted by Crippen LogP contribution is -2.38. The van der Waals surface area contributed by atoms with Gasteiger partial charge < -0.3 is 19.5 Å². The highest BCUT2D eigenvalue weighted by atomic mass is 35.5. The summed E-state index contributed by atoms with van der Waals surface area (Å²) in [6, 6.07) is 0. The van der Waals surface area contributed by atoms with E-state index in [-0.39, 0.29) is 17.3 Å². The normalized spacial score (nSPS) is 22.6. The van der Waals surface area contributed by atoms with Gasteiger partial charge in [-0.3, -0.25) is 0 Å². The maximum atomic E-state index is 12.7. The predicted molar refractivity (Wildman–Crippen MR) is 111 cm³/mol. The van der Waals surface area contributed by atoms with Gasteiger partial charge in [0.15, 0.2) is 0 Å². The Morgan fingerprint density at radius 3 is 2.62 bits per heavy atom. The molecule has 1 aliphatic carbocycles. The summed E-state index contributed by atoms with van der Waals surface area (Å²) in [4.78, 5) is 23.6. The second kappa shape index (κ2) is 9.76. The van der Waals surface area contributed by atoms with Crippen LogP contribution in [0.15, 0.2) is 11.8 Å². The molecule has 1 aliphatic heterocycles. The minimum absolute atomic E-state index is 0.0632. The number of esters is 1. The summed E-state index contributed by atoms with van der Waals surface area (Å²) in [6.45, 7) is 3.94. The molecule has 1 fully saturated rings. The number of ether oxygens (including phenoxy) is 2. The highest BCUT2D eigenvalue weighted by Gasteiger charge is 2.38. The van der Waals surface area contributed by atoms with Crippen LogP contribution in [0.4, 0.5) is 5.82 Å². The summed E-state index contributed by atoms with van der Waals surface area (Å²) in [5.74, 6) is 0.514. The van der Waals surface area contributed by atoms with E-state index in [4.69, 9.17) is 21.1 Å². The van der Waals surface area contributed by atoms with E-state index in [2.05, 4.69) is 14.9 Å². The molecule has 3 rings (SSSR count). The molecule has 7 nitrogen and oxygen atoms in total. The molecule has 1 aromatic heterocycles. The van der Waals surface area contributed by atoms with Gasteiger partial charge in [0, 0.05) is 19.5 Å². The molecule has 1 aromatic rings. The number of methoxy groups -OCH3 is 1. The van der Waals surface area contributed by atoms with Crippen molar-refractivity contribution in [3.05, 3.63) is 28.4 Å². The van der Waals surface area contributed by atoms with Gasteiger partial charge in [0.05, 0.1) is 19.4 Å². The molecule has 1 N–H and O–H groups in total. The van der Waals surface area contributed by atoms with Crippen LogP contribution < -0.4 is 4.90 Å². The van der Waals surface area contributed by atoms with Crippen LogP contribution >= 0.6 is 11.6 Å². The molecular formula is C21H30ClN3O4. The topological polar surface area (TPSA) is 84.8 Å². The van der Waals surface area contributed by atoms with Crippen molar-refractivity contribution in [2.75, 3.05) is 31.7 Å². The Kier molecular flexibility index (Phi) is 7.35. The molecule has 0 aromatic carbocycles. The standard InChI is InChI=1S/C21H30ClN3O4/c1-3-29-16-10-6-7-11-21(16,27)14-15-17(19(26)28-2)18(24-20(22)23-15)25-12-8-4-5-9-13-25/h10,27H,3-9,11-14H2,1-2H3. The zero-order valence-corrected chi connectivity index (χ0v) is 18.0. The third-order valence-electron chi connectivity index (χ3n) is 5.58. The first-order valence-corrected chi connectivity index (χ1v) is 10.8. The fourth-order valence-electron chi connectivity index (χ4n) is 4.16. The minimum Gasteiger partial charge on any atom is -0.495 e. The summed E-state index contributed by atoms with van der Waals surface area (Å²) >= 11 is 6.26. The van der Waals surface area contributed by atoms with Gasteiger partial charge in [-0.2, -0.15) is 4.98 Å². The molecule has 0 radical (unpaired) electrons. The Morgan fingerprint density at radius 2 is 1.97 bits per heavy atom. The van der Waals surface area contributed by atoms with Crippen molar-refractivity contribution < 1.29 is 19.4 Å². The van der Waals surface area contributed by atoms with Gasteiger partial charge in [-0.15, -0.1) is 0 Å². The highest BCUT2D eigenvalue weighted by Crippen LogP contribution is 2.35. The quantitative estimate of drug-likeness (QED) is 0.551. The molecule has 0 bridgehead atoms. The maximum absolute atomic E-state index is 12.7. The van der Waals surface area contributed by atoms with E-state index in [1.165, 1.54) is 7.11 Å². The zero-order valence-electron chi connectivity index (χ0n) is 17.2. The van der Waals surface area contributed by atoms with Crippen molar-refractivity contribution >= 4 is 23.4 Å². The van der Waals surface area contributed by atoms with E-state index in [9.17, 15) is 9.90 Å². The van der Waals surface area contributed by atoms with Crippen LogP contribution in [-0.2, 0) is 15.9 Å². The van der Waals surface area contributed by atoms with Crippen LogP contribution in [-0.4, -0.2) is 53.5 Å². The number of rotatable bonds is 6. The average molecular weight is 424 g/mol. The summed E-state index contributed by atoms with van der Waals surface area (Å²) in [5.41, 5.74) is -0.551. The summed E-state index contributed by atoms with van der Waals surface area (Å²) in [6.07, 6.45) is 8.60. The van der Waals surface area contributed by atoms with Crippen LogP contribution in [0.2, 0.25) is 5.28 Å². The number of anilines is 1. The Labute approximate surface area is 177 Å². The Balaban J connectivity index is 2.04. The summed E-state index contributed by atoms with van der Waals surface area (Å²) < 4.78 is 10.8. The number of hydrogen-bond donors (Lipinski definition) is 1. The first-order chi connectivity index (χ1) is 14.0. The van der Waals surface area contributed by atoms with Crippen molar-refractivity contribution in [2.45, 2.75) is 63.9 Å². The third kappa shape index (κ3) is 5.01. The summed E-state index contributed by atoms with van der Waals surface area (Å²) in [5, 5.41) is 11.4. The van der Waals surface area contributed by atoms with Crippen LogP contribution in [0.25, 0.3) is 0 Å². The molecule has 0 spiro atoms. The smallest absolute Gasteiger partial charge is 0.343 e. The second-order valence-corrected chi connectivity index (χ2v) is 7.97. The maximum Gasteiger partial charge on any atom is 0.343 e. The molecule has 160 valence electrons. The van der Waals surface area contributed by atoms with E-state index in [1.54, 1.807) is 0 Å². The molecular weight excluding hydrogens is 394 g/mol. The van der Waals surface area contributed by atoms with Crippen molar-refractivity contribution in [2.24, 2.45) is 0 Å². The zero-order chi connectivity index (χ0) is 20.9. The number of halogens is 1. The number of carbonyl (C=O) groups is 1. The van der Waals surface area contributed by atoms with E-state index in [0.29, 0.717) is 30.3 Å². The first-order valence-electron chi connectivity index (χ1n) is 10.4. The van der Waals surface area contributed by atoms with Crippen molar-refractivity contribution in [3.63, 3.8) is 0 Å². The van der Waals surface area contributed by atoms with E-state index >= 15 is 0 Å². The number of carbonyl (C=O) groups excluding carboxylic acids is 1. The molecule has 1 saturated heterocycles. The fourth-order valence-corrected chi connectivity index (χ4v) is 4.34. The first kappa shape index (κ1) is 21.8. The number of hydrogen-bond acceptors (Lipinski definition) is 7. The lowest BCUT2D eigenvalue weighted by atomic mass is 9.84. The predicted octanol–water partition coefficient (Wildman–Crippen LogP) is 3.67. The second-order valence-electron chi connectivity index (χ2n) is 7.63. The Bertz CT molecular complexity index is 763. The van der Waals surface area contributed by atoms with Gasteiger partial charge in [0.25, 0.3) is 0 Å². The number of nitrogens with zero attached hydrogens (tertiary/aromatic N) is 3. The van der Waals surface area contributed by atoms with Crippen LogP contribution in [0, 0.1) is 0 Å². The lowest BCUT2D eigenvalue weighted by molar-refractivity contribution is -0.00253. The van der Waals surface area contributed by atoms with Gasteiger partial charge in [0.2, 0.25) is 5.28 Å². The van der Waals surface area contributed by atoms with Crippen LogP contribution in [0.3, 0.4) is 0 Å². The van der Waals surface area contributed by atoms with E-state index in [0.717, 1.165) is 51.6 Å². The van der Waals surface area contributed by atoms with Crippen molar-refractivity contribution in [3.8, 4) is 0 Å². The molecule has 1 atom stereocenters. The largest absolute Gasteiger partial charge is 0.495 e. The fraction of sp³-hybridized carbons (Fsp3) is 0.667. The molecule has 0 saturated carbocycles. The number of aromatic nitrogens is 2. The molecule has 2 aliphatic rings. The third-order valence-corrected chi connectivity index (χ3v) is 5.74. The van der Waals surface area contributed by atoms with Gasteiger partial charge in [-0.05, 0) is 56.7 Å². The van der Waals surface area contributed by atoms with Gasteiger partial charge in [-0.1, -0.05) is 12.8 Å². The van der Waals surface area contributed by atoms with Crippen LogP contribution in [0.1, 0.15) is 67.9 Å². The van der Waals surface area contributed by atoms with Gasteiger partial charge >= 0.3 is 5.97 Å². The SMILES string of the molecule is CCOC1=CCCCC1(O)Cc1nc(Cl)nc(N2CCCCCC2)c1C(=O)OC. The highest BCUT2D eigenvalue weighted by molar-refractivity contribution is 6.28. The average Bonchev–Trinajstić information content (AvgIpc) is 2.98. The van der Waals surface area contributed by atoms with E-state index < -0.39 is 11.6 Å². The Morgan fingerprint density at radius 1 is 1.24 bits per heavy atom. The van der Waals surface area contributed by atoms with E-state index in [1.807, 2.05) is 13.0 Å². The monoisotopic (exact) mass is 423 g/mol. The molecule has 29 heavy (non-hydrogen) atoms. The van der Waals surface area contributed by atoms with Crippen molar-refractivity contribution in [1.82, 2.24) is 9.97 Å². The molecule has 1 unspecified atom stereocenters. The molecule has 0 amide bonds. The minimum atomic E-state index is -1.23. The molecule has 2 heterocycles. The van der Waals surface area contributed by atoms with Crippen molar-refractivity contribution in [1.29, 1.82) is 0 Å². The van der Waals surface area contributed by atoms with Gasteiger partial charge in [0.1, 0.15) is 22.7 Å². The van der Waals surface area contributed by atoms with Crippen LogP contribution in [0.5, 0.6) is 0 Å². The molecule has 8 heteroatoms. The van der Waals surface area contributed by atoms with Gasteiger partial charge in [-0.25, -0.2) is 9.78 Å². The summed E-state index contributed by atoms with van der Waals surface area (Å²) in [7, 11) is 1.34. The number of aliphatic hydroxyl groups is 1. The number of allylic oxidation sites excluding steroid dienone is 1.